The maximum absolute atomic E-state index is 13.4. The van der Waals surface area contributed by atoms with E-state index in [9.17, 15) is 13.2 Å². The van der Waals surface area contributed by atoms with Crippen molar-refractivity contribution in [3.05, 3.63) is 17.0 Å². The Kier molecular flexibility index (Phi) is 5.06. The highest BCUT2D eigenvalue weighted by molar-refractivity contribution is 7.91. The van der Waals surface area contributed by atoms with Crippen molar-refractivity contribution in [1.29, 1.82) is 0 Å². The molecule has 1 amide bonds. The molecule has 0 aromatic carbocycles. The molecule has 0 radical (unpaired) electrons. The number of carbonyl (C=O) groups excluding carboxylic acids is 1. The molecule has 4 rings (SSSR count). The predicted molar refractivity (Wildman–Crippen MR) is 109 cm³/mol. The van der Waals surface area contributed by atoms with E-state index in [1.54, 1.807) is 12.1 Å². The normalized spacial score (nSPS) is 28.6. The van der Waals surface area contributed by atoms with Crippen molar-refractivity contribution in [3.8, 4) is 0 Å². The number of piperidine rings is 2. The lowest BCUT2D eigenvalue weighted by Gasteiger charge is -2.63. The Labute approximate surface area is 167 Å². The number of nitrogens with zero attached hydrogens (tertiary/aromatic N) is 1. The quantitative estimate of drug-likeness (QED) is 0.821. The summed E-state index contributed by atoms with van der Waals surface area (Å²) >= 11 is 1.23. The summed E-state index contributed by atoms with van der Waals surface area (Å²) in [5, 5.41) is 0. The molecule has 1 saturated carbocycles. The van der Waals surface area contributed by atoms with Gasteiger partial charge in [-0.2, -0.15) is 4.72 Å². The average Bonchev–Trinajstić information content (AvgIpc) is 2.98. The SMILES string of the molecule is Cc1ccc(S(=O)(=O)N[C@H](C(=O)N2C[C@H]3C[C@@H]([C@H]2C)C3(C)C)C(C)(C)C)s1. The van der Waals surface area contributed by atoms with Gasteiger partial charge in [-0.05, 0) is 55.1 Å². The van der Waals surface area contributed by atoms with Gasteiger partial charge < -0.3 is 4.90 Å². The van der Waals surface area contributed by atoms with Crippen LogP contribution < -0.4 is 4.72 Å². The van der Waals surface area contributed by atoms with Crippen molar-refractivity contribution in [2.75, 3.05) is 6.54 Å². The lowest BCUT2D eigenvalue weighted by Crippen LogP contribution is -2.68. The monoisotopic (exact) mass is 412 g/mol. The van der Waals surface area contributed by atoms with Crippen LogP contribution in [0.3, 0.4) is 0 Å². The predicted octanol–water partition coefficient (Wildman–Crippen LogP) is 3.64. The van der Waals surface area contributed by atoms with Crippen molar-refractivity contribution in [2.45, 2.75) is 71.2 Å². The first-order chi connectivity index (χ1) is 12.2. The summed E-state index contributed by atoms with van der Waals surface area (Å²) in [6.45, 7) is 15.0. The number of nitrogens with one attached hydrogen (secondary N) is 1. The van der Waals surface area contributed by atoms with E-state index in [4.69, 9.17) is 0 Å². The second kappa shape index (κ2) is 6.56. The van der Waals surface area contributed by atoms with Crippen LogP contribution in [0, 0.1) is 29.6 Å². The van der Waals surface area contributed by atoms with Gasteiger partial charge in [0.2, 0.25) is 5.91 Å². The Hall–Kier alpha value is -0.920. The van der Waals surface area contributed by atoms with Gasteiger partial charge in [0.25, 0.3) is 10.0 Å². The molecule has 1 aliphatic carbocycles. The van der Waals surface area contributed by atoms with Crippen LogP contribution in [0.2, 0.25) is 0 Å². The largest absolute Gasteiger partial charge is 0.338 e. The van der Waals surface area contributed by atoms with Crippen molar-refractivity contribution in [3.63, 3.8) is 0 Å². The molecular weight excluding hydrogens is 380 g/mol. The van der Waals surface area contributed by atoms with Gasteiger partial charge in [0.05, 0.1) is 0 Å². The van der Waals surface area contributed by atoms with Gasteiger partial charge >= 0.3 is 0 Å². The zero-order valence-corrected chi connectivity index (χ0v) is 19.0. The molecule has 2 aliphatic heterocycles. The first kappa shape index (κ1) is 20.8. The van der Waals surface area contributed by atoms with Crippen LogP contribution >= 0.6 is 11.3 Å². The minimum atomic E-state index is -3.73. The number of aryl methyl sites for hydroxylation is 1. The van der Waals surface area contributed by atoms with E-state index in [0.717, 1.165) is 11.4 Å². The van der Waals surface area contributed by atoms with E-state index < -0.39 is 21.5 Å². The molecule has 0 spiro atoms. The molecule has 2 bridgehead atoms. The van der Waals surface area contributed by atoms with Crippen LogP contribution in [0.25, 0.3) is 0 Å². The van der Waals surface area contributed by atoms with Gasteiger partial charge in [-0.3, -0.25) is 4.79 Å². The summed E-state index contributed by atoms with van der Waals surface area (Å²) < 4.78 is 28.7. The second-order valence-electron chi connectivity index (χ2n) is 9.88. The van der Waals surface area contributed by atoms with E-state index in [0.29, 0.717) is 11.8 Å². The highest BCUT2D eigenvalue weighted by Crippen LogP contribution is 2.57. The maximum atomic E-state index is 13.4. The Morgan fingerprint density at radius 2 is 1.96 bits per heavy atom. The summed E-state index contributed by atoms with van der Waals surface area (Å²) in [6, 6.07) is 2.74. The summed E-state index contributed by atoms with van der Waals surface area (Å²) in [6.07, 6.45) is 1.17. The third-order valence-corrected chi connectivity index (χ3v) is 9.60. The third kappa shape index (κ3) is 3.58. The number of fused-ring (bicyclic) bond motifs is 2. The molecule has 1 aromatic heterocycles. The number of rotatable bonds is 4. The minimum absolute atomic E-state index is 0.1000. The van der Waals surface area contributed by atoms with Gasteiger partial charge in [-0.15, -0.1) is 11.3 Å². The Balaban J connectivity index is 1.85. The summed E-state index contributed by atoms with van der Waals surface area (Å²) in [7, 11) is -3.73. The minimum Gasteiger partial charge on any atom is -0.338 e. The molecule has 3 aliphatic rings. The number of thiophene rings is 1. The Morgan fingerprint density at radius 1 is 1.33 bits per heavy atom. The topological polar surface area (TPSA) is 66.5 Å². The molecule has 5 nitrogen and oxygen atoms in total. The van der Waals surface area contributed by atoms with Crippen LogP contribution in [-0.4, -0.2) is 37.9 Å². The molecule has 27 heavy (non-hydrogen) atoms. The fraction of sp³-hybridized carbons (Fsp3) is 0.750. The van der Waals surface area contributed by atoms with Gasteiger partial charge in [-0.1, -0.05) is 34.6 Å². The number of sulfonamides is 1. The lowest BCUT2D eigenvalue weighted by molar-refractivity contribution is -0.169. The van der Waals surface area contributed by atoms with E-state index in [1.165, 1.54) is 17.8 Å². The first-order valence-electron chi connectivity index (χ1n) is 9.64. The van der Waals surface area contributed by atoms with Crippen LogP contribution in [0.1, 0.15) is 52.8 Å². The second-order valence-corrected chi connectivity index (χ2v) is 13.1. The first-order valence-corrected chi connectivity index (χ1v) is 11.9. The van der Waals surface area contributed by atoms with Crippen LogP contribution in [0.15, 0.2) is 16.3 Å². The fourth-order valence-electron chi connectivity index (χ4n) is 4.63. The zero-order valence-electron chi connectivity index (χ0n) is 17.4. The van der Waals surface area contributed by atoms with E-state index in [2.05, 4.69) is 25.5 Å². The third-order valence-electron chi connectivity index (χ3n) is 6.69. The Bertz CT molecular complexity index is 836. The molecule has 4 atom stereocenters. The summed E-state index contributed by atoms with van der Waals surface area (Å²) in [5.74, 6) is 0.884. The molecular formula is C20H32N2O3S2. The molecule has 3 heterocycles. The van der Waals surface area contributed by atoms with Gasteiger partial charge in [0, 0.05) is 17.5 Å². The molecule has 3 fully saturated rings. The number of hydrogen-bond acceptors (Lipinski definition) is 4. The van der Waals surface area contributed by atoms with E-state index in [1.807, 2.05) is 32.6 Å². The number of carbonyl (C=O) groups is 1. The van der Waals surface area contributed by atoms with Crippen molar-refractivity contribution in [1.82, 2.24) is 9.62 Å². The highest BCUT2D eigenvalue weighted by atomic mass is 32.2. The molecule has 1 N–H and O–H groups in total. The van der Waals surface area contributed by atoms with Gasteiger partial charge in [0.15, 0.2) is 0 Å². The van der Waals surface area contributed by atoms with Crippen molar-refractivity contribution in [2.24, 2.45) is 22.7 Å². The fourth-order valence-corrected chi connectivity index (χ4v) is 7.32. The molecule has 7 heteroatoms. The standard InChI is InChI=1S/C20H32N2O3S2/c1-12-8-9-16(26-12)27(24,25)21-17(19(3,4)5)18(23)22-11-14-10-15(13(22)2)20(14,6)7/h8-9,13-15,17,21H,10-11H2,1-7H3/t13-,14-,15+,17-/m1/s1. The van der Waals surface area contributed by atoms with Crippen molar-refractivity contribution >= 4 is 27.3 Å². The zero-order chi connectivity index (χ0) is 20.4. The molecule has 152 valence electrons. The molecule has 2 saturated heterocycles. The van der Waals surface area contributed by atoms with Crippen LogP contribution in [-0.2, 0) is 14.8 Å². The summed E-state index contributed by atoms with van der Waals surface area (Å²) in [5.41, 5.74) is -0.255. The van der Waals surface area contributed by atoms with E-state index >= 15 is 0 Å². The number of hydrogen-bond donors (Lipinski definition) is 1. The number of amides is 1. The van der Waals surface area contributed by atoms with Crippen LogP contribution in [0.5, 0.6) is 0 Å². The maximum Gasteiger partial charge on any atom is 0.250 e. The van der Waals surface area contributed by atoms with Crippen molar-refractivity contribution < 1.29 is 13.2 Å². The van der Waals surface area contributed by atoms with Crippen LogP contribution in [0.4, 0.5) is 0 Å². The lowest BCUT2D eigenvalue weighted by atomic mass is 9.50. The van der Waals surface area contributed by atoms with Gasteiger partial charge in [-0.25, -0.2) is 8.42 Å². The summed E-state index contributed by atoms with van der Waals surface area (Å²) in [4.78, 5) is 16.3. The smallest absolute Gasteiger partial charge is 0.250 e. The van der Waals surface area contributed by atoms with Gasteiger partial charge in [0.1, 0.15) is 10.3 Å². The highest BCUT2D eigenvalue weighted by Gasteiger charge is 2.57. The van der Waals surface area contributed by atoms with E-state index in [-0.39, 0.29) is 21.6 Å². The molecule has 0 unspecified atom stereocenters. The Morgan fingerprint density at radius 3 is 2.41 bits per heavy atom. The molecule has 1 aromatic rings. The average molecular weight is 413 g/mol.